The van der Waals surface area contributed by atoms with E-state index in [9.17, 15) is 19.2 Å². The highest BCUT2D eigenvalue weighted by molar-refractivity contribution is 5.97. The lowest BCUT2D eigenvalue weighted by Gasteiger charge is -2.26. The molecule has 210 valence electrons. The topological polar surface area (TPSA) is 143 Å². The predicted molar refractivity (Wildman–Crippen MR) is 145 cm³/mol. The summed E-state index contributed by atoms with van der Waals surface area (Å²) in [6.45, 7) is 9.95. The van der Waals surface area contributed by atoms with E-state index in [2.05, 4.69) is 25.9 Å². The van der Waals surface area contributed by atoms with Gasteiger partial charge in [-0.1, -0.05) is 58.0 Å². The maximum Gasteiger partial charge on any atom is 0.272 e. The Morgan fingerprint density at radius 1 is 0.923 bits per heavy atom. The number of nitrogens with zero attached hydrogens (tertiary/aromatic N) is 2. The summed E-state index contributed by atoms with van der Waals surface area (Å²) in [5.41, 5.74) is -0.0216. The normalized spacial score (nSPS) is 18.6. The van der Waals surface area contributed by atoms with Crippen molar-refractivity contribution in [1.29, 1.82) is 0 Å². The molecule has 1 fully saturated rings. The second-order valence-corrected chi connectivity index (χ2v) is 11.1. The molecule has 0 saturated carbocycles. The number of carbonyl (C=O) groups excluding carboxylic acids is 4. The summed E-state index contributed by atoms with van der Waals surface area (Å²) in [4.78, 5) is 60.3. The zero-order valence-corrected chi connectivity index (χ0v) is 23.3. The molecule has 0 aliphatic carbocycles. The standard InChI is InChI=1S/C29H39N5O5/c1-18(2)13-22(26(36)29(5)17-39-29)32-25(35)15-21(20-9-7-6-8-10-20)33-27(37)23(14-19(3)4)34-28(38)24-16-30-11-12-31-24/h6-12,16,18-19,21-23H,13-15,17H2,1-5H3,(H,32,35)(H,33,37)(H,34,38)/t21?,22-,23-,29+/m0/s1. The number of amides is 3. The molecule has 10 heteroatoms. The van der Waals surface area contributed by atoms with Crippen LogP contribution >= 0.6 is 0 Å². The Labute approximate surface area is 229 Å². The van der Waals surface area contributed by atoms with Gasteiger partial charge < -0.3 is 20.7 Å². The summed E-state index contributed by atoms with van der Waals surface area (Å²) >= 11 is 0. The molecule has 10 nitrogen and oxygen atoms in total. The highest BCUT2D eigenvalue weighted by atomic mass is 16.6. The quantitative estimate of drug-likeness (QED) is 0.315. The summed E-state index contributed by atoms with van der Waals surface area (Å²) in [6.07, 6.45) is 4.98. The molecule has 1 aliphatic heterocycles. The van der Waals surface area contributed by atoms with Crippen molar-refractivity contribution in [3.05, 3.63) is 60.2 Å². The van der Waals surface area contributed by atoms with Crippen LogP contribution in [0.3, 0.4) is 0 Å². The van der Waals surface area contributed by atoms with Gasteiger partial charge in [0.05, 0.1) is 31.3 Å². The number of nitrogens with one attached hydrogen (secondary N) is 3. The maximum absolute atomic E-state index is 13.5. The third kappa shape index (κ3) is 8.95. The minimum absolute atomic E-state index is 0.0816. The maximum atomic E-state index is 13.5. The van der Waals surface area contributed by atoms with Crippen LogP contribution in [0.2, 0.25) is 0 Å². The zero-order valence-electron chi connectivity index (χ0n) is 23.3. The average molecular weight is 538 g/mol. The third-order valence-electron chi connectivity index (χ3n) is 6.49. The minimum atomic E-state index is -0.856. The fourth-order valence-corrected chi connectivity index (χ4v) is 4.32. The molecule has 1 aromatic heterocycles. The number of ether oxygens (including phenoxy) is 1. The molecule has 3 rings (SSSR count). The van der Waals surface area contributed by atoms with Crippen LogP contribution in [0.4, 0.5) is 0 Å². The number of carbonyl (C=O) groups is 4. The molecule has 0 bridgehead atoms. The molecule has 1 aliphatic rings. The van der Waals surface area contributed by atoms with Crippen molar-refractivity contribution < 1.29 is 23.9 Å². The number of rotatable bonds is 14. The van der Waals surface area contributed by atoms with E-state index in [4.69, 9.17) is 4.74 Å². The van der Waals surface area contributed by atoms with Crippen LogP contribution in [0, 0.1) is 11.8 Å². The number of aromatic nitrogens is 2. The third-order valence-corrected chi connectivity index (χ3v) is 6.49. The van der Waals surface area contributed by atoms with E-state index < -0.39 is 35.5 Å². The van der Waals surface area contributed by atoms with E-state index >= 15 is 0 Å². The Bertz CT molecular complexity index is 1140. The Balaban J connectivity index is 1.75. The smallest absolute Gasteiger partial charge is 0.272 e. The first kappa shape index (κ1) is 29.9. The minimum Gasteiger partial charge on any atom is -0.361 e. The molecule has 0 spiro atoms. The lowest BCUT2D eigenvalue weighted by Crippen LogP contribution is -2.50. The van der Waals surface area contributed by atoms with Crippen LogP contribution < -0.4 is 16.0 Å². The van der Waals surface area contributed by atoms with Crippen molar-refractivity contribution in [2.45, 2.75) is 77.6 Å². The summed E-state index contributed by atoms with van der Waals surface area (Å²) in [7, 11) is 0. The summed E-state index contributed by atoms with van der Waals surface area (Å²) in [6, 6.07) is 6.93. The van der Waals surface area contributed by atoms with Gasteiger partial charge in [0.2, 0.25) is 11.8 Å². The summed E-state index contributed by atoms with van der Waals surface area (Å²) in [5, 5.41) is 8.59. The molecule has 4 atom stereocenters. The van der Waals surface area contributed by atoms with E-state index in [1.54, 1.807) is 6.92 Å². The zero-order chi connectivity index (χ0) is 28.6. The van der Waals surface area contributed by atoms with E-state index in [1.165, 1.54) is 18.6 Å². The fraction of sp³-hybridized carbons (Fsp3) is 0.517. The van der Waals surface area contributed by atoms with Gasteiger partial charge >= 0.3 is 0 Å². The van der Waals surface area contributed by atoms with Gasteiger partial charge in [0.15, 0.2) is 5.78 Å². The van der Waals surface area contributed by atoms with Gasteiger partial charge in [-0.05, 0) is 37.2 Å². The molecule has 0 radical (unpaired) electrons. The van der Waals surface area contributed by atoms with Crippen molar-refractivity contribution in [3.8, 4) is 0 Å². The number of ketones is 1. The lowest BCUT2D eigenvalue weighted by atomic mass is 9.93. The van der Waals surface area contributed by atoms with Crippen LogP contribution in [-0.2, 0) is 19.1 Å². The number of hydrogen-bond acceptors (Lipinski definition) is 7. The second kappa shape index (κ2) is 13.4. The number of hydrogen-bond donors (Lipinski definition) is 3. The molecule has 3 N–H and O–H groups in total. The van der Waals surface area contributed by atoms with Gasteiger partial charge in [-0.25, -0.2) is 4.98 Å². The van der Waals surface area contributed by atoms with Gasteiger partial charge in [0, 0.05) is 12.4 Å². The van der Waals surface area contributed by atoms with Crippen LogP contribution in [0.5, 0.6) is 0 Å². The van der Waals surface area contributed by atoms with Gasteiger partial charge in [-0.15, -0.1) is 0 Å². The number of Topliss-reactive ketones (excluding diaryl/α,β-unsaturated/α-hetero) is 1. The van der Waals surface area contributed by atoms with Crippen LogP contribution in [0.25, 0.3) is 0 Å². The van der Waals surface area contributed by atoms with Gasteiger partial charge in [0.25, 0.3) is 5.91 Å². The van der Waals surface area contributed by atoms with E-state index in [0.717, 1.165) is 5.56 Å². The largest absolute Gasteiger partial charge is 0.361 e. The SMILES string of the molecule is CC(C)C[C@H](NC(=O)c1cnccn1)C(=O)NC(CC(=O)N[C@@H](CC(C)C)C(=O)[C@@]1(C)CO1)c1ccccc1. The highest BCUT2D eigenvalue weighted by Gasteiger charge is 2.50. The molecule has 3 amide bonds. The first-order valence-corrected chi connectivity index (χ1v) is 13.4. The van der Waals surface area contributed by atoms with Crippen molar-refractivity contribution in [2.24, 2.45) is 11.8 Å². The Morgan fingerprint density at radius 2 is 1.56 bits per heavy atom. The van der Waals surface area contributed by atoms with Crippen molar-refractivity contribution >= 4 is 23.5 Å². The summed E-state index contributed by atoms with van der Waals surface area (Å²) < 4.78 is 5.33. The summed E-state index contributed by atoms with van der Waals surface area (Å²) in [5.74, 6) is -1.15. The van der Waals surface area contributed by atoms with Gasteiger partial charge in [-0.3, -0.25) is 24.2 Å². The van der Waals surface area contributed by atoms with Gasteiger partial charge in [-0.2, -0.15) is 0 Å². The molecule has 1 unspecified atom stereocenters. The Morgan fingerprint density at radius 3 is 2.13 bits per heavy atom. The predicted octanol–water partition coefficient (Wildman–Crippen LogP) is 2.76. The van der Waals surface area contributed by atoms with Crippen LogP contribution in [0.1, 0.15) is 76.0 Å². The van der Waals surface area contributed by atoms with E-state index in [0.29, 0.717) is 19.4 Å². The molecule has 2 heterocycles. The monoisotopic (exact) mass is 537 g/mol. The molecule has 39 heavy (non-hydrogen) atoms. The van der Waals surface area contributed by atoms with Crippen LogP contribution in [0.15, 0.2) is 48.9 Å². The Hall–Kier alpha value is -3.66. The number of epoxide rings is 1. The molecular weight excluding hydrogens is 498 g/mol. The van der Waals surface area contributed by atoms with Crippen molar-refractivity contribution in [3.63, 3.8) is 0 Å². The highest BCUT2D eigenvalue weighted by Crippen LogP contribution is 2.30. The fourth-order valence-electron chi connectivity index (χ4n) is 4.32. The van der Waals surface area contributed by atoms with Crippen molar-refractivity contribution in [2.75, 3.05) is 6.61 Å². The van der Waals surface area contributed by atoms with Gasteiger partial charge in [0.1, 0.15) is 17.3 Å². The first-order valence-electron chi connectivity index (χ1n) is 13.4. The Kier molecular flexibility index (Phi) is 10.3. The second-order valence-electron chi connectivity index (χ2n) is 11.1. The van der Waals surface area contributed by atoms with E-state index in [-0.39, 0.29) is 35.6 Å². The average Bonchev–Trinajstić information content (AvgIpc) is 3.65. The van der Waals surface area contributed by atoms with E-state index in [1.807, 2.05) is 58.0 Å². The van der Waals surface area contributed by atoms with Crippen LogP contribution in [-0.4, -0.2) is 57.8 Å². The lowest BCUT2D eigenvalue weighted by molar-refractivity contribution is -0.131. The molecule has 2 aromatic rings. The number of benzene rings is 1. The molecule has 1 saturated heterocycles. The van der Waals surface area contributed by atoms with Crippen molar-refractivity contribution in [1.82, 2.24) is 25.9 Å². The molecule has 1 aromatic carbocycles. The first-order chi connectivity index (χ1) is 18.5. The molecular formula is C29H39N5O5.